The molecule has 0 atom stereocenters. The molecule has 1 fully saturated rings. The molecule has 3 rings (SSSR count). The summed E-state index contributed by atoms with van der Waals surface area (Å²) >= 11 is 0. The summed E-state index contributed by atoms with van der Waals surface area (Å²) in [6.07, 6.45) is 3.35. The zero-order chi connectivity index (χ0) is 13.1. The van der Waals surface area contributed by atoms with Crippen LogP contribution in [0.2, 0.25) is 0 Å². The Bertz CT molecular complexity index is 560. The average Bonchev–Trinajstić information content (AvgIpc) is 2.87. The van der Waals surface area contributed by atoms with Crippen LogP contribution >= 0.6 is 0 Å². The van der Waals surface area contributed by atoms with E-state index in [9.17, 15) is 4.79 Å². The van der Waals surface area contributed by atoms with E-state index in [0.717, 1.165) is 25.3 Å². The van der Waals surface area contributed by atoms with Gasteiger partial charge < -0.3 is 10.6 Å². The van der Waals surface area contributed by atoms with E-state index in [1.54, 1.807) is 17.1 Å². The molecule has 98 valence electrons. The van der Waals surface area contributed by atoms with Gasteiger partial charge in [0.1, 0.15) is 0 Å². The van der Waals surface area contributed by atoms with Crippen molar-refractivity contribution in [3.05, 3.63) is 48.3 Å². The fourth-order valence-electron chi connectivity index (χ4n) is 1.99. The van der Waals surface area contributed by atoms with E-state index >= 15 is 0 Å². The molecule has 5 heteroatoms. The minimum Gasteiger partial charge on any atom is -0.352 e. The van der Waals surface area contributed by atoms with E-state index < -0.39 is 0 Å². The van der Waals surface area contributed by atoms with Crippen LogP contribution in [0.25, 0.3) is 5.69 Å². The van der Waals surface area contributed by atoms with Crippen molar-refractivity contribution in [1.82, 2.24) is 20.4 Å². The first kappa shape index (κ1) is 11.9. The number of hydrogen-bond donors (Lipinski definition) is 2. The summed E-state index contributed by atoms with van der Waals surface area (Å²) < 4.78 is 1.71. The van der Waals surface area contributed by atoms with E-state index in [-0.39, 0.29) is 5.91 Å². The second-order valence-electron chi connectivity index (χ2n) is 4.74. The average molecular weight is 256 g/mol. The molecule has 0 aliphatic carbocycles. The van der Waals surface area contributed by atoms with Gasteiger partial charge in [-0.3, -0.25) is 4.79 Å². The van der Waals surface area contributed by atoms with Crippen LogP contribution in [-0.4, -0.2) is 35.3 Å². The van der Waals surface area contributed by atoms with Crippen LogP contribution in [0.15, 0.2) is 42.7 Å². The maximum absolute atomic E-state index is 11.9. The summed E-state index contributed by atoms with van der Waals surface area (Å²) in [5.41, 5.74) is 1.54. The largest absolute Gasteiger partial charge is 0.352 e. The van der Waals surface area contributed by atoms with Crippen LogP contribution in [0.5, 0.6) is 0 Å². The van der Waals surface area contributed by atoms with Crippen molar-refractivity contribution in [2.75, 3.05) is 19.6 Å². The molecule has 5 nitrogen and oxygen atoms in total. The minimum atomic E-state index is -0.0610. The van der Waals surface area contributed by atoms with Crippen molar-refractivity contribution >= 4 is 5.91 Å². The third-order valence-electron chi connectivity index (χ3n) is 3.28. The summed E-state index contributed by atoms with van der Waals surface area (Å²) in [5, 5.41) is 10.3. The van der Waals surface area contributed by atoms with E-state index in [2.05, 4.69) is 15.7 Å². The number of benzene rings is 1. The topological polar surface area (TPSA) is 59.0 Å². The maximum Gasteiger partial charge on any atom is 0.254 e. The highest BCUT2D eigenvalue weighted by Crippen LogP contribution is 2.08. The molecule has 2 heterocycles. The summed E-state index contributed by atoms with van der Waals surface area (Å²) in [7, 11) is 0. The highest BCUT2D eigenvalue weighted by Gasteiger charge is 2.18. The summed E-state index contributed by atoms with van der Waals surface area (Å²) in [6, 6.07) is 9.75. The Hall–Kier alpha value is -2.14. The minimum absolute atomic E-state index is 0.0610. The molecule has 1 aromatic heterocycles. The number of nitrogens with zero attached hydrogens (tertiary/aromatic N) is 2. The molecule has 0 spiro atoms. The molecule has 1 aromatic carbocycles. The third-order valence-corrected chi connectivity index (χ3v) is 3.28. The highest BCUT2D eigenvalue weighted by molar-refractivity contribution is 5.93. The molecule has 0 bridgehead atoms. The van der Waals surface area contributed by atoms with Gasteiger partial charge in [-0.25, -0.2) is 4.68 Å². The van der Waals surface area contributed by atoms with E-state index in [1.807, 2.05) is 30.3 Å². The number of amides is 1. The third kappa shape index (κ3) is 2.66. The van der Waals surface area contributed by atoms with Gasteiger partial charge in [0.25, 0.3) is 5.91 Å². The van der Waals surface area contributed by atoms with Crippen molar-refractivity contribution in [3.8, 4) is 5.69 Å². The normalized spacial score (nSPS) is 14.9. The molecule has 1 amide bonds. The Labute approximate surface area is 111 Å². The molecule has 1 saturated heterocycles. The van der Waals surface area contributed by atoms with Gasteiger partial charge in [-0.05, 0) is 12.1 Å². The number of carbonyl (C=O) groups excluding carboxylic acids is 1. The number of hydrogen-bond acceptors (Lipinski definition) is 3. The van der Waals surface area contributed by atoms with E-state index in [4.69, 9.17) is 0 Å². The number of rotatable bonds is 4. The zero-order valence-electron chi connectivity index (χ0n) is 10.5. The Morgan fingerprint density at radius 1 is 1.37 bits per heavy atom. The van der Waals surface area contributed by atoms with Crippen molar-refractivity contribution < 1.29 is 4.79 Å². The van der Waals surface area contributed by atoms with Gasteiger partial charge in [0.05, 0.1) is 17.4 Å². The molecular weight excluding hydrogens is 240 g/mol. The second-order valence-corrected chi connectivity index (χ2v) is 4.74. The van der Waals surface area contributed by atoms with Gasteiger partial charge >= 0.3 is 0 Å². The van der Waals surface area contributed by atoms with Gasteiger partial charge in [0, 0.05) is 31.7 Å². The highest BCUT2D eigenvalue weighted by atomic mass is 16.1. The van der Waals surface area contributed by atoms with Crippen LogP contribution in [0.1, 0.15) is 10.4 Å². The van der Waals surface area contributed by atoms with Crippen molar-refractivity contribution in [1.29, 1.82) is 0 Å². The standard InChI is InChI=1S/C14H16N4O/c19-14(16-8-11-6-15-7-11)12-9-17-18(10-12)13-4-2-1-3-5-13/h1-5,9-11,15H,6-8H2,(H,16,19). The summed E-state index contributed by atoms with van der Waals surface area (Å²) in [4.78, 5) is 11.9. The van der Waals surface area contributed by atoms with Crippen LogP contribution in [0.4, 0.5) is 0 Å². The quantitative estimate of drug-likeness (QED) is 0.851. The van der Waals surface area contributed by atoms with Crippen LogP contribution in [0, 0.1) is 5.92 Å². The van der Waals surface area contributed by atoms with Crippen LogP contribution < -0.4 is 10.6 Å². The van der Waals surface area contributed by atoms with Crippen LogP contribution in [-0.2, 0) is 0 Å². The molecule has 1 aliphatic rings. The van der Waals surface area contributed by atoms with Gasteiger partial charge in [-0.2, -0.15) is 5.10 Å². The van der Waals surface area contributed by atoms with Gasteiger partial charge in [-0.15, -0.1) is 0 Å². The second kappa shape index (κ2) is 5.24. The summed E-state index contributed by atoms with van der Waals surface area (Å²) in [5.74, 6) is 0.502. The van der Waals surface area contributed by atoms with Crippen molar-refractivity contribution in [2.24, 2.45) is 5.92 Å². The zero-order valence-corrected chi connectivity index (χ0v) is 10.5. The monoisotopic (exact) mass is 256 g/mol. The van der Waals surface area contributed by atoms with E-state index in [1.165, 1.54) is 0 Å². The molecule has 0 saturated carbocycles. The summed E-state index contributed by atoms with van der Waals surface area (Å²) in [6.45, 7) is 2.70. The van der Waals surface area contributed by atoms with Crippen molar-refractivity contribution in [3.63, 3.8) is 0 Å². The van der Waals surface area contributed by atoms with E-state index in [0.29, 0.717) is 11.5 Å². The molecule has 1 aliphatic heterocycles. The molecule has 19 heavy (non-hydrogen) atoms. The molecule has 2 N–H and O–H groups in total. The smallest absolute Gasteiger partial charge is 0.254 e. The SMILES string of the molecule is O=C(NCC1CNC1)c1cnn(-c2ccccc2)c1. The number of nitrogens with one attached hydrogen (secondary N) is 2. The van der Waals surface area contributed by atoms with Gasteiger partial charge in [-0.1, -0.05) is 18.2 Å². The molecular formula is C14H16N4O. The van der Waals surface area contributed by atoms with Crippen LogP contribution in [0.3, 0.4) is 0 Å². The lowest BCUT2D eigenvalue weighted by Crippen LogP contribution is -2.48. The lowest BCUT2D eigenvalue weighted by Gasteiger charge is -2.26. The predicted molar refractivity (Wildman–Crippen MR) is 72.3 cm³/mol. The number of para-hydroxylation sites is 1. The number of carbonyl (C=O) groups is 1. The lowest BCUT2D eigenvalue weighted by molar-refractivity contribution is 0.0942. The predicted octanol–water partition coefficient (Wildman–Crippen LogP) is 0.821. The Kier molecular flexibility index (Phi) is 3.29. The van der Waals surface area contributed by atoms with Gasteiger partial charge in [0.15, 0.2) is 0 Å². The Morgan fingerprint density at radius 2 is 2.16 bits per heavy atom. The van der Waals surface area contributed by atoms with Crippen molar-refractivity contribution in [2.45, 2.75) is 0 Å². The molecule has 0 unspecified atom stereocenters. The first-order valence-electron chi connectivity index (χ1n) is 6.42. The van der Waals surface area contributed by atoms with Gasteiger partial charge in [0.2, 0.25) is 0 Å². The first-order chi connectivity index (χ1) is 9.33. The lowest BCUT2D eigenvalue weighted by atomic mass is 10.0. The Balaban J connectivity index is 1.65. The Morgan fingerprint density at radius 3 is 2.84 bits per heavy atom. The number of aromatic nitrogens is 2. The first-order valence-corrected chi connectivity index (χ1v) is 6.42. The molecule has 2 aromatic rings. The fraction of sp³-hybridized carbons (Fsp3) is 0.286. The maximum atomic E-state index is 11.9. The fourth-order valence-corrected chi connectivity index (χ4v) is 1.99. The molecule has 0 radical (unpaired) electrons.